The van der Waals surface area contributed by atoms with Gasteiger partial charge in [-0.2, -0.15) is 11.8 Å². The van der Waals surface area contributed by atoms with E-state index in [9.17, 15) is 4.79 Å². The SMILES string of the molecule is NC(CCCCSCc1ccccc1)C(=O)O. The summed E-state index contributed by atoms with van der Waals surface area (Å²) in [6.07, 6.45) is 2.48. The van der Waals surface area contributed by atoms with Crippen LogP contribution in [0.15, 0.2) is 30.3 Å². The van der Waals surface area contributed by atoms with Gasteiger partial charge >= 0.3 is 5.97 Å². The van der Waals surface area contributed by atoms with Gasteiger partial charge in [-0.15, -0.1) is 0 Å². The molecule has 0 heterocycles. The lowest BCUT2D eigenvalue weighted by molar-refractivity contribution is -0.138. The molecule has 0 saturated carbocycles. The molecule has 0 aliphatic rings. The van der Waals surface area contributed by atoms with E-state index in [2.05, 4.69) is 12.1 Å². The fourth-order valence-corrected chi connectivity index (χ4v) is 2.44. The molecule has 4 heteroatoms. The molecular weight excluding hydrogens is 234 g/mol. The molecule has 0 saturated heterocycles. The molecule has 0 amide bonds. The van der Waals surface area contributed by atoms with Crippen LogP contribution < -0.4 is 5.73 Å². The van der Waals surface area contributed by atoms with Gasteiger partial charge in [0.2, 0.25) is 0 Å². The maximum atomic E-state index is 10.5. The first-order chi connectivity index (χ1) is 8.20. The lowest BCUT2D eigenvalue weighted by atomic mass is 10.1. The van der Waals surface area contributed by atoms with Crippen molar-refractivity contribution in [2.75, 3.05) is 5.75 Å². The molecule has 17 heavy (non-hydrogen) atoms. The van der Waals surface area contributed by atoms with Crippen LogP contribution in [0.2, 0.25) is 0 Å². The van der Waals surface area contributed by atoms with Gasteiger partial charge in [-0.1, -0.05) is 36.8 Å². The van der Waals surface area contributed by atoms with Gasteiger partial charge in [0.25, 0.3) is 0 Å². The zero-order valence-electron chi connectivity index (χ0n) is 9.84. The van der Waals surface area contributed by atoms with Gasteiger partial charge in [-0.05, 0) is 24.2 Å². The van der Waals surface area contributed by atoms with Gasteiger partial charge in [-0.25, -0.2) is 0 Å². The van der Waals surface area contributed by atoms with Crippen molar-refractivity contribution in [1.29, 1.82) is 0 Å². The number of aliphatic carboxylic acids is 1. The minimum absolute atomic E-state index is 0.571. The Morgan fingerprint density at radius 3 is 2.65 bits per heavy atom. The first kappa shape index (κ1) is 14.1. The number of unbranched alkanes of at least 4 members (excludes halogenated alkanes) is 1. The number of benzene rings is 1. The summed E-state index contributed by atoms with van der Waals surface area (Å²) in [5, 5.41) is 8.60. The molecule has 94 valence electrons. The number of carboxylic acid groups (broad SMARTS) is 1. The molecule has 1 rings (SSSR count). The number of rotatable bonds is 8. The Morgan fingerprint density at radius 1 is 1.29 bits per heavy atom. The third-order valence-corrected chi connectivity index (χ3v) is 3.60. The summed E-state index contributed by atoms with van der Waals surface area (Å²) >= 11 is 1.88. The quantitative estimate of drug-likeness (QED) is 0.699. The van der Waals surface area contributed by atoms with E-state index >= 15 is 0 Å². The molecular formula is C13H19NO2S. The number of hydrogen-bond acceptors (Lipinski definition) is 3. The lowest BCUT2D eigenvalue weighted by Crippen LogP contribution is -2.29. The molecule has 0 aromatic heterocycles. The Labute approximate surface area is 106 Å². The molecule has 0 aliphatic carbocycles. The highest BCUT2D eigenvalue weighted by Gasteiger charge is 2.09. The van der Waals surface area contributed by atoms with Crippen LogP contribution in [0.25, 0.3) is 0 Å². The summed E-state index contributed by atoms with van der Waals surface area (Å²) in [6.45, 7) is 0. The van der Waals surface area contributed by atoms with E-state index in [4.69, 9.17) is 10.8 Å². The Bertz CT molecular complexity index is 329. The van der Waals surface area contributed by atoms with Gasteiger partial charge in [-0.3, -0.25) is 4.79 Å². The molecule has 0 bridgehead atoms. The smallest absolute Gasteiger partial charge is 0.320 e. The third-order valence-electron chi connectivity index (χ3n) is 2.48. The van der Waals surface area contributed by atoms with E-state index in [1.54, 1.807) is 0 Å². The van der Waals surface area contributed by atoms with E-state index in [-0.39, 0.29) is 0 Å². The van der Waals surface area contributed by atoms with Crippen molar-refractivity contribution in [3.63, 3.8) is 0 Å². The molecule has 0 aliphatic heterocycles. The van der Waals surface area contributed by atoms with Crippen molar-refractivity contribution in [2.45, 2.75) is 31.1 Å². The van der Waals surface area contributed by atoms with Crippen molar-refractivity contribution < 1.29 is 9.90 Å². The topological polar surface area (TPSA) is 63.3 Å². The van der Waals surface area contributed by atoms with Gasteiger partial charge in [0.15, 0.2) is 0 Å². The summed E-state index contributed by atoms with van der Waals surface area (Å²) in [4.78, 5) is 10.5. The Morgan fingerprint density at radius 2 is 2.00 bits per heavy atom. The minimum atomic E-state index is -0.901. The fourth-order valence-electron chi connectivity index (χ4n) is 1.46. The van der Waals surface area contributed by atoms with E-state index in [1.165, 1.54) is 5.56 Å². The van der Waals surface area contributed by atoms with Crippen LogP contribution in [0.1, 0.15) is 24.8 Å². The number of carboxylic acids is 1. The first-order valence-corrected chi connectivity index (χ1v) is 6.95. The van der Waals surface area contributed by atoms with Gasteiger partial charge in [0, 0.05) is 5.75 Å². The van der Waals surface area contributed by atoms with Crippen molar-refractivity contribution in [3.8, 4) is 0 Å². The third kappa shape index (κ3) is 6.34. The average molecular weight is 253 g/mol. The highest BCUT2D eigenvalue weighted by molar-refractivity contribution is 7.98. The summed E-state index contributed by atoms with van der Waals surface area (Å²) in [5.41, 5.74) is 6.75. The van der Waals surface area contributed by atoms with Crippen LogP contribution >= 0.6 is 11.8 Å². The van der Waals surface area contributed by atoms with Crippen LogP contribution in [0, 0.1) is 0 Å². The number of hydrogen-bond donors (Lipinski definition) is 2. The summed E-state index contributed by atoms with van der Waals surface area (Å²) < 4.78 is 0. The van der Waals surface area contributed by atoms with Gasteiger partial charge in [0.1, 0.15) is 6.04 Å². The zero-order chi connectivity index (χ0) is 12.5. The Hall–Kier alpha value is -1.00. The number of nitrogens with two attached hydrogens (primary N) is 1. The standard InChI is InChI=1S/C13H19NO2S/c14-12(13(15)16)8-4-5-9-17-10-11-6-2-1-3-7-11/h1-3,6-7,12H,4-5,8-10,14H2,(H,15,16). The Balaban J connectivity index is 2.00. The number of thioether (sulfide) groups is 1. The van der Waals surface area contributed by atoms with E-state index in [1.807, 2.05) is 30.0 Å². The van der Waals surface area contributed by atoms with Crippen LogP contribution in [0.5, 0.6) is 0 Å². The van der Waals surface area contributed by atoms with Crippen molar-refractivity contribution in [3.05, 3.63) is 35.9 Å². The number of carbonyl (C=O) groups is 1. The highest BCUT2D eigenvalue weighted by Crippen LogP contribution is 2.14. The fraction of sp³-hybridized carbons (Fsp3) is 0.462. The van der Waals surface area contributed by atoms with E-state index in [0.29, 0.717) is 6.42 Å². The van der Waals surface area contributed by atoms with Crippen molar-refractivity contribution >= 4 is 17.7 Å². The Kier molecular flexibility index (Phi) is 6.74. The second kappa shape index (κ2) is 8.14. The van der Waals surface area contributed by atoms with Crippen molar-refractivity contribution in [1.82, 2.24) is 0 Å². The monoisotopic (exact) mass is 253 g/mol. The van der Waals surface area contributed by atoms with Crippen molar-refractivity contribution in [2.24, 2.45) is 5.73 Å². The van der Waals surface area contributed by atoms with Crippen LogP contribution in [-0.2, 0) is 10.5 Å². The zero-order valence-corrected chi connectivity index (χ0v) is 10.7. The molecule has 3 N–H and O–H groups in total. The molecule has 3 nitrogen and oxygen atoms in total. The maximum Gasteiger partial charge on any atom is 0.320 e. The second-order valence-corrected chi connectivity index (χ2v) is 5.08. The average Bonchev–Trinajstić information content (AvgIpc) is 2.34. The van der Waals surface area contributed by atoms with Crippen LogP contribution in [0.3, 0.4) is 0 Å². The molecule has 1 unspecified atom stereocenters. The first-order valence-electron chi connectivity index (χ1n) is 5.80. The van der Waals surface area contributed by atoms with Gasteiger partial charge < -0.3 is 10.8 Å². The largest absolute Gasteiger partial charge is 0.480 e. The van der Waals surface area contributed by atoms with Gasteiger partial charge in [0.05, 0.1) is 0 Å². The molecule has 1 atom stereocenters. The van der Waals surface area contributed by atoms with E-state index < -0.39 is 12.0 Å². The predicted molar refractivity (Wildman–Crippen MR) is 72.1 cm³/mol. The summed E-state index contributed by atoms with van der Waals surface area (Å²) in [5.74, 6) is 1.18. The molecule has 0 fully saturated rings. The summed E-state index contributed by atoms with van der Waals surface area (Å²) in [7, 11) is 0. The second-order valence-electron chi connectivity index (χ2n) is 3.98. The molecule has 0 radical (unpaired) electrons. The summed E-state index contributed by atoms with van der Waals surface area (Å²) in [6, 6.07) is 9.64. The maximum absolute atomic E-state index is 10.5. The normalized spacial score (nSPS) is 12.3. The minimum Gasteiger partial charge on any atom is -0.480 e. The van der Waals surface area contributed by atoms with Crippen LogP contribution in [-0.4, -0.2) is 22.9 Å². The molecule has 1 aromatic carbocycles. The van der Waals surface area contributed by atoms with Crippen LogP contribution in [0.4, 0.5) is 0 Å². The van der Waals surface area contributed by atoms with E-state index in [0.717, 1.165) is 24.3 Å². The molecule has 0 spiro atoms. The predicted octanol–water partition coefficient (Wildman–Crippen LogP) is 2.50. The highest BCUT2D eigenvalue weighted by atomic mass is 32.2. The molecule has 1 aromatic rings. The lowest BCUT2D eigenvalue weighted by Gasteiger charge is -2.05.